The van der Waals surface area contributed by atoms with Gasteiger partial charge >= 0.3 is 0 Å². The van der Waals surface area contributed by atoms with Crippen molar-refractivity contribution in [3.8, 4) is 0 Å². The van der Waals surface area contributed by atoms with Crippen molar-refractivity contribution in [2.45, 2.75) is 44.6 Å². The fourth-order valence-electron chi connectivity index (χ4n) is 4.36. The molecule has 13 heavy (non-hydrogen) atoms. The van der Waals surface area contributed by atoms with E-state index in [2.05, 4.69) is 6.92 Å². The quantitative estimate of drug-likeness (QED) is 0.641. The van der Waals surface area contributed by atoms with Crippen molar-refractivity contribution < 1.29 is 0 Å². The van der Waals surface area contributed by atoms with Crippen LogP contribution in [0.25, 0.3) is 0 Å². The minimum atomic E-state index is 0. The zero-order valence-corrected chi connectivity index (χ0v) is 9.15. The van der Waals surface area contributed by atoms with Gasteiger partial charge in [0.25, 0.3) is 0 Å². The van der Waals surface area contributed by atoms with Crippen molar-refractivity contribution in [2.24, 2.45) is 29.4 Å². The minimum absolute atomic E-state index is 0. The molecule has 4 bridgehead atoms. The molecule has 0 amide bonds. The van der Waals surface area contributed by atoms with E-state index in [1.165, 1.54) is 32.1 Å². The van der Waals surface area contributed by atoms with Crippen molar-refractivity contribution in [2.75, 3.05) is 0 Å². The maximum atomic E-state index is 6.46. The van der Waals surface area contributed by atoms with E-state index in [4.69, 9.17) is 5.73 Å². The summed E-state index contributed by atoms with van der Waals surface area (Å²) >= 11 is 0. The van der Waals surface area contributed by atoms with E-state index < -0.39 is 0 Å². The number of halogens is 1. The predicted octanol–water partition coefficient (Wildman–Crippen LogP) is 2.58. The van der Waals surface area contributed by atoms with E-state index in [0.717, 1.165) is 23.7 Å². The summed E-state index contributed by atoms with van der Waals surface area (Å²) in [4.78, 5) is 0. The third-order valence-electron chi connectivity index (χ3n) is 4.89. The lowest BCUT2D eigenvalue weighted by atomic mass is 9.49. The third-order valence-corrected chi connectivity index (χ3v) is 4.89. The van der Waals surface area contributed by atoms with Gasteiger partial charge in [-0.25, -0.2) is 0 Å². The topological polar surface area (TPSA) is 26.0 Å². The molecule has 0 aromatic heterocycles. The van der Waals surface area contributed by atoms with E-state index in [1.54, 1.807) is 0 Å². The standard InChI is InChI=1S/C11H19N.ClH/c1-7-10-3-8-2-9(4-10)6-11(7,12)5-8;/h7-10H,2-6,12H2,1H3;1H. The molecule has 4 saturated carbocycles. The maximum absolute atomic E-state index is 6.46. The molecule has 4 aliphatic rings. The third kappa shape index (κ3) is 1.24. The van der Waals surface area contributed by atoms with Crippen LogP contribution in [0.5, 0.6) is 0 Å². The number of nitrogens with two attached hydrogens (primary N) is 1. The number of rotatable bonds is 0. The van der Waals surface area contributed by atoms with Crippen LogP contribution in [-0.2, 0) is 0 Å². The van der Waals surface area contributed by atoms with E-state index in [9.17, 15) is 0 Å². The average Bonchev–Trinajstić information content (AvgIpc) is 1.98. The van der Waals surface area contributed by atoms with Gasteiger partial charge in [0.05, 0.1) is 0 Å². The summed E-state index contributed by atoms with van der Waals surface area (Å²) in [6, 6.07) is 0. The van der Waals surface area contributed by atoms with Gasteiger partial charge in [-0.1, -0.05) is 6.92 Å². The molecule has 1 nitrogen and oxygen atoms in total. The van der Waals surface area contributed by atoms with Crippen LogP contribution < -0.4 is 5.73 Å². The summed E-state index contributed by atoms with van der Waals surface area (Å²) in [7, 11) is 0. The Morgan fingerprint density at radius 3 is 2.08 bits per heavy atom. The predicted molar refractivity (Wildman–Crippen MR) is 56.9 cm³/mol. The molecule has 0 aromatic rings. The number of hydrogen-bond acceptors (Lipinski definition) is 1. The Morgan fingerprint density at radius 2 is 1.62 bits per heavy atom. The largest absolute Gasteiger partial charge is 0.325 e. The smallest absolute Gasteiger partial charge is 0.0188 e. The lowest BCUT2D eigenvalue weighted by Crippen LogP contribution is -2.61. The molecule has 0 aliphatic heterocycles. The van der Waals surface area contributed by atoms with E-state index >= 15 is 0 Å². The molecule has 4 aliphatic carbocycles. The average molecular weight is 202 g/mol. The molecule has 0 heterocycles. The van der Waals surface area contributed by atoms with Crippen molar-refractivity contribution >= 4 is 12.4 Å². The normalized spacial score (nSPS) is 57.7. The van der Waals surface area contributed by atoms with Crippen molar-refractivity contribution in [1.29, 1.82) is 0 Å². The van der Waals surface area contributed by atoms with Crippen LogP contribution in [0.2, 0.25) is 0 Å². The molecule has 4 rings (SSSR count). The highest BCUT2D eigenvalue weighted by atomic mass is 35.5. The van der Waals surface area contributed by atoms with Crippen molar-refractivity contribution in [3.05, 3.63) is 0 Å². The Bertz CT molecular complexity index is 202. The Morgan fingerprint density at radius 1 is 1.08 bits per heavy atom. The van der Waals surface area contributed by atoms with Gasteiger partial charge in [0.2, 0.25) is 0 Å². The summed E-state index contributed by atoms with van der Waals surface area (Å²) in [6.07, 6.45) is 7.16. The lowest BCUT2D eigenvalue weighted by Gasteiger charge is -2.59. The van der Waals surface area contributed by atoms with Crippen LogP contribution in [0.3, 0.4) is 0 Å². The van der Waals surface area contributed by atoms with Crippen molar-refractivity contribution in [3.63, 3.8) is 0 Å². The van der Waals surface area contributed by atoms with Gasteiger partial charge in [-0.05, 0) is 55.8 Å². The molecule has 3 atom stereocenters. The monoisotopic (exact) mass is 201 g/mol. The molecule has 76 valence electrons. The first-order valence-electron chi connectivity index (χ1n) is 5.46. The summed E-state index contributed by atoms with van der Waals surface area (Å²) in [5, 5.41) is 0. The second kappa shape index (κ2) is 2.87. The Labute approximate surface area is 86.9 Å². The number of hydrogen-bond donors (Lipinski definition) is 1. The fourth-order valence-corrected chi connectivity index (χ4v) is 4.36. The van der Waals surface area contributed by atoms with Gasteiger partial charge in [-0.15, -0.1) is 12.4 Å². The first kappa shape index (κ1) is 9.79. The van der Waals surface area contributed by atoms with Crippen LogP contribution in [0.1, 0.15) is 39.0 Å². The summed E-state index contributed by atoms with van der Waals surface area (Å²) in [6.45, 7) is 2.39. The van der Waals surface area contributed by atoms with E-state index in [1.807, 2.05) is 0 Å². The highest BCUT2D eigenvalue weighted by Gasteiger charge is 2.53. The molecule has 2 N–H and O–H groups in total. The van der Waals surface area contributed by atoms with Crippen LogP contribution in [0, 0.1) is 23.7 Å². The van der Waals surface area contributed by atoms with Gasteiger partial charge in [0.1, 0.15) is 0 Å². The molecule has 0 aromatic carbocycles. The lowest BCUT2D eigenvalue weighted by molar-refractivity contribution is -0.0474. The zero-order chi connectivity index (χ0) is 8.34. The van der Waals surface area contributed by atoms with Gasteiger partial charge in [-0.3, -0.25) is 0 Å². The SMILES string of the molecule is CC1C2CC3CC(C2)CC1(N)C3.Cl. The van der Waals surface area contributed by atoms with Crippen molar-refractivity contribution in [1.82, 2.24) is 0 Å². The molecule has 3 unspecified atom stereocenters. The van der Waals surface area contributed by atoms with E-state index in [-0.39, 0.29) is 17.9 Å². The second-order valence-electron chi connectivity index (χ2n) is 5.63. The fraction of sp³-hybridized carbons (Fsp3) is 1.00. The first-order chi connectivity index (χ1) is 5.67. The molecule has 4 fully saturated rings. The van der Waals surface area contributed by atoms with Crippen LogP contribution in [0.4, 0.5) is 0 Å². The van der Waals surface area contributed by atoms with Gasteiger partial charge in [-0.2, -0.15) is 0 Å². The van der Waals surface area contributed by atoms with Gasteiger partial charge in [0.15, 0.2) is 0 Å². The highest BCUT2D eigenvalue weighted by Crippen LogP contribution is 2.57. The van der Waals surface area contributed by atoms with E-state index in [0.29, 0.717) is 0 Å². The summed E-state index contributed by atoms with van der Waals surface area (Å²) < 4.78 is 0. The molecular formula is C11H20ClN. The van der Waals surface area contributed by atoms with Crippen LogP contribution in [0.15, 0.2) is 0 Å². The maximum Gasteiger partial charge on any atom is 0.0188 e. The molecule has 0 saturated heterocycles. The summed E-state index contributed by atoms with van der Waals surface area (Å²) in [5.41, 5.74) is 6.72. The van der Waals surface area contributed by atoms with Crippen LogP contribution in [-0.4, -0.2) is 5.54 Å². The Kier molecular flexibility index (Phi) is 2.16. The summed E-state index contributed by atoms with van der Waals surface area (Å²) in [5.74, 6) is 3.80. The minimum Gasteiger partial charge on any atom is -0.325 e. The zero-order valence-electron chi connectivity index (χ0n) is 8.33. The molecular weight excluding hydrogens is 182 g/mol. The Balaban J connectivity index is 0.000000653. The molecule has 0 radical (unpaired) electrons. The molecule has 0 spiro atoms. The second-order valence-corrected chi connectivity index (χ2v) is 5.63. The van der Waals surface area contributed by atoms with Crippen LogP contribution >= 0.6 is 12.4 Å². The Hall–Kier alpha value is 0.250. The first-order valence-corrected chi connectivity index (χ1v) is 5.46. The van der Waals surface area contributed by atoms with Gasteiger partial charge in [0, 0.05) is 5.54 Å². The molecule has 2 heteroatoms. The van der Waals surface area contributed by atoms with Gasteiger partial charge < -0.3 is 5.73 Å². The highest BCUT2D eigenvalue weighted by molar-refractivity contribution is 5.85.